The first-order valence-electron chi connectivity index (χ1n) is 6.20. The minimum Gasteiger partial charge on any atom is -0.495 e. The highest BCUT2D eigenvalue weighted by Gasteiger charge is 2.11. The van der Waals surface area contributed by atoms with Gasteiger partial charge >= 0.3 is 0 Å². The lowest BCUT2D eigenvalue weighted by molar-refractivity contribution is 0.416. The summed E-state index contributed by atoms with van der Waals surface area (Å²) >= 11 is 6.08. The summed E-state index contributed by atoms with van der Waals surface area (Å²) in [6.07, 6.45) is 0. The van der Waals surface area contributed by atoms with Crippen molar-refractivity contribution in [2.24, 2.45) is 0 Å². The van der Waals surface area contributed by atoms with Gasteiger partial charge in [-0.15, -0.1) is 0 Å². The van der Waals surface area contributed by atoms with Gasteiger partial charge in [-0.3, -0.25) is 0 Å². The third-order valence-corrected chi connectivity index (χ3v) is 3.18. The van der Waals surface area contributed by atoms with E-state index in [0.717, 1.165) is 5.56 Å². The van der Waals surface area contributed by atoms with Gasteiger partial charge in [0, 0.05) is 25.2 Å². The molecule has 7 nitrogen and oxygen atoms in total. The van der Waals surface area contributed by atoms with Gasteiger partial charge in [-0.25, -0.2) is 0 Å². The van der Waals surface area contributed by atoms with Gasteiger partial charge in [0.1, 0.15) is 5.75 Å². The number of aromatic nitrogens is 3. The summed E-state index contributed by atoms with van der Waals surface area (Å²) in [4.78, 5) is 14.1. The number of methoxy groups -OCH3 is 1. The van der Waals surface area contributed by atoms with Crippen LogP contribution in [0.15, 0.2) is 12.1 Å². The molecule has 2 rings (SSSR count). The van der Waals surface area contributed by atoms with Crippen LogP contribution in [-0.2, 0) is 0 Å². The Labute approximate surface area is 128 Å². The molecule has 0 saturated heterocycles. The summed E-state index contributed by atoms with van der Waals surface area (Å²) in [5.41, 5.74) is 7.31. The predicted molar refractivity (Wildman–Crippen MR) is 84.6 cm³/mol. The molecule has 21 heavy (non-hydrogen) atoms. The standard InChI is InChI=1S/C13H17ClN6O/c1-7-5-9(10(21-4)6-8(7)14)16-12-17-11(15)18-13(19-12)20(2)3/h5-6H,1-4H3,(H3,15,16,17,18,19). The molecule has 0 bridgehead atoms. The molecule has 112 valence electrons. The Morgan fingerprint density at radius 3 is 2.57 bits per heavy atom. The fourth-order valence-corrected chi connectivity index (χ4v) is 1.84. The molecule has 0 saturated carbocycles. The molecule has 0 fully saturated rings. The second kappa shape index (κ2) is 6.01. The van der Waals surface area contributed by atoms with Gasteiger partial charge in [0.2, 0.25) is 17.8 Å². The van der Waals surface area contributed by atoms with Crippen LogP contribution in [0.5, 0.6) is 5.75 Å². The SMILES string of the molecule is COc1cc(Cl)c(C)cc1Nc1nc(N)nc(N(C)C)n1. The van der Waals surface area contributed by atoms with E-state index in [1.807, 2.05) is 27.1 Å². The Balaban J connectivity index is 2.40. The van der Waals surface area contributed by atoms with Gasteiger partial charge in [-0.1, -0.05) is 11.6 Å². The van der Waals surface area contributed by atoms with Gasteiger partial charge in [0.25, 0.3) is 0 Å². The summed E-state index contributed by atoms with van der Waals surface area (Å²) in [7, 11) is 5.22. The van der Waals surface area contributed by atoms with E-state index in [2.05, 4.69) is 20.3 Å². The number of nitrogens with two attached hydrogens (primary N) is 1. The maximum atomic E-state index is 6.08. The lowest BCUT2D eigenvalue weighted by Gasteiger charge is -2.14. The van der Waals surface area contributed by atoms with Crippen molar-refractivity contribution in [2.45, 2.75) is 6.92 Å². The van der Waals surface area contributed by atoms with Gasteiger partial charge in [-0.2, -0.15) is 15.0 Å². The van der Waals surface area contributed by atoms with Crippen LogP contribution in [0.4, 0.5) is 23.5 Å². The number of rotatable bonds is 4. The molecule has 3 N–H and O–H groups in total. The number of hydrogen-bond acceptors (Lipinski definition) is 7. The first-order valence-corrected chi connectivity index (χ1v) is 6.58. The van der Waals surface area contributed by atoms with Crippen LogP contribution in [0.25, 0.3) is 0 Å². The van der Waals surface area contributed by atoms with E-state index in [1.54, 1.807) is 18.1 Å². The zero-order chi connectivity index (χ0) is 15.6. The highest BCUT2D eigenvalue weighted by molar-refractivity contribution is 6.31. The third-order valence-electron chi connectivity index (χ3n) is 2.77. The van der Waals surface area contributed by atoms with Crippen LogP contribution in [0.1, 0.15) is 5.56 Å². The van der Waals surface area contributed by atoms with Gasteiger partial charge in [0.05, 0.1) is 12.8 Å². The van der Waals surface area contributed by atoms with Gasteiger partial charge < -0.3 is 20.7 Å². The lowest BCUT2D eigenvalue weighted by atomic mass is 10.2. The van der Waals surface area contributed by atoms with Crippen LogP contribution in [0, 0.1) is 6.92 Å². The minimum atomic E-state index is 0.140. The number of anilines is 4. The number of aryl methyl sites for hydroxylation is 1. The number of nitrogens with zero attached hydrogens (tertiary/aromatic N) is 4. The Hall–Kier alpha value is -2.28. The molecule has 1 aromatic carbocycles. The quantitative estimate of drug-likeness (QED) is 0.895. The second-order valence-corrected chi connectivity index (χ2v) is 5.05. The number of hydrogen-bond donors (Lipinski definition) is 2. The summed E-state index contributed by atoms with van der Waals surface area (Å²) < 4.78 is 5.30. The molecule has 0 aliphatic carbocycles. The third kappa shape index (κ3) is 3.43. The van der Waals surface area contributed by atoms with Gasteiger partial charge in [0.15, 0.2) is 0 Å². The van der Waals surface area contributed by atoms with Crippen LogP contribution in [0.3, 0.4) is 0 Å². The summed E-state index contributed by atoms with van der Waals surface area (Å²) in [5.74, 6) is 1.54. The summed E-state index contributed by atoms with van der Waals surface area (Å²) in [5, 5.41) is 3.70. The van der Waals surface area contributed by atoms with Crippen LogP contribution < -0.4 is 20.7 Å². The molecule has 0 atom stereocenters. The van der Waals surface area contributed by atoms with Crippen molar-refractivity contribution in [1.82, 2.24) is 15.0 Å². The number of nitrogen functional groups attached to an aromatic ring is 1. The number of nitrogens with one attached hydrogen (secondary N) is 1. The monoisotopic (exact) mass is 308 g/mol. The second-order valence-electron chi connectivity index (χ2n) is 4.64. The maximum Gasteiger partial charge on any atom is 0.233 e. The Morgan fingerprint density at radius 1 is 1.24 bits per heavy atom. The fraction of sp³-hybridized carbons (Fsp3) is 0.308. The molecule has 8 heteroatoms. The molecule has 2 aromatic rings. The molecule has 0 aliphatic heterocycles. The molecule has 0 aliphatic rings. The zero-order valence-electron chi connectivity index (χ0n) is 12.3. The molecule has 1 heterocycles. The van der Waals surface area contributed by atoms with Crippen molar-refractivity contribution in [1.29, 1.82) is 0 Å². The average molecular weight is 309 g/mol. The normalized spacial score (nSPS) is 10.3. The average Bonchev–Trinajstić information content (AvgIpc) is 2.42. The molecular weight excluding hydrogens is 292 g/mol. The van der Waals surface area contributed by atoms with Crippen LogP contribution in [-0.4, -0.2) is 36.2 Å². The van der Waals surface area contributed by atoms with Crippen molar-refractivity contribution in [3.05, 3.63) is 22.7 Å². The molecule has 0 radical (unpaired) electrons. The largest absolute Gasteiger partial charge is 0.495 e. The zero-order valence-corrected chi connectivity index (χ0v) is 13.1. The number of ether oxygens (including phenoxy) is 1. The number of benzene rings is 1. The predicted octanol–water partition coefficient (Wildman–Crippen LogP) is 2.23. The van der Waals surface area contributed by atoms with Gasteiger partial charge in [-0.05, 0) is 18.6 Å². The Bertz CT molecular complexity index is 661. The first-order chi connectivity index (χ1) is 9.90. The number of halogens is 1. The van der Waals surface area contributed by atoms with E-state index in [-0.39, 0.29) is 5.95 Å². The van der Waals surface area contributed by atoms with E-state index in [1.165, 1.54) is 0 Å². The molecular formula is C13H17ClN6O. The molecule has 0 amide bonds. The minimum absolute atomic E-state index is 0.140. The maximum absolute atomic E-state index is 6.08. The van der Waals surface area contributed by atoms with Crippen molar-refractivity contribution in [3.8, 4) is 5.75 Å². The van der Waals surface area contributed by atoms with Crippen LogP contribution >= 0.6 is 11.6 Å². The molecule has 0 unspecified atom stereocenters. The Morgan fingerprint density at radius 2 is 1.95 bits per heavy atom. The van der Waals surface area contributed by atoms with Crippen molar-refractivity contribution >= 4 is 35.1 Å². The van der Waals surface area contributed by atoms with E-state index >= 15 is 0 Å². The summed E-state index contributed by atoms with van der Waals surface area (Å²) in [6, 6.07) is 3.59. The van der Waals surface area contributed by atoms with E-state index < -0.39 is 0 Å². The summed E-state index contributed by atoms with van der Waals surface area (Å²) in [6.45, 7) is 1.90. The lowest BCUT2D eigenvalue weighted by Crippen LogP contribution is -2.15. The van der Waals surface area contributed by atoms with Crippen molar-refractivity contribution in [2.75, 3.05) is 37.2 Å². The first kappa shape index (κ1) is 15.1. The van der Waals surface area contributed by atoms with Crippen LogP contribution in [0.2, 0.25) is 5.02 Å². The topological polar surface area (TPSA) is 89.2 Å². The van der Waals surface area contributed by atoms with Crippen molar-refractivity contribution < 1.29 is 4.74 Å². The van der Waals surface area contributed by atoms with E-state index in [9.17, 15) is 0 Å². The van der Waals surface area contributed by atoms with Crippen molar-refractivity contribution in [3.63, 3.8) is 0 Å². The highest BCUT2D eigenvalue weighted by atomic mass is 35.5. The van der Waals surface area contributed by atoms with E-state index in [0.29, 0.717) is 28.4 Å². The Kier molecular flexibility index (Phi) is 4.32. The highest BCUT2D eigenvalue weighted by Crippen LogP contribution is 2.32. The molecule has 1 aromatic heterocycles. The smallest absolute Gasteiger partial charge is 0.233 e. The fourth-order valence-electron chi connectivity index (χ4n) is 1.69. The van der Waals surface area contributed by atoms with E-state index in [4.69, 9.17) is 22.1 Å². The molecule has 0 spiro atoms.